The molecule has 0 spiro atoms. The van der Waals surface area contributed by atoms with E-state index in [0.717, 1.165) is 50.7 Å². The van der Waals surface area contributed by atoms with Crippen LogP contribution in [-0.4, -0.2) is 21.1 Å². The Hall–Kier alpha value is -2.93. The van der Waals surface area contributed by atoms with Gasteiger partial charge in [0, 0.05) is 5.92 Å². The highest BCUT2D eigenvalue weighted by molar-refractivity contribution is 7.22. The zero-order valence-electron chi connectivity index (χ0n) is 14.2. The van der Waals surface area contributed by atoms with Crippen molar-refractivity contribution in [3.05, 3.63) is 35.9 Å². The normalized spacial score (nSPS) is 14.2. The monoisotopic (exact) mass is 363 g/mol. The van der Waals surface area contributed by atoms with Gasteiger partial charge < -0.3 is 11.1 Å². The number of carbonyl (C=O) groups excluding carboxylic acids is 1. The zero-order chi connectivity index (χ0) is 17.8. The highest BCUT2D eigenvalue weighted by Gasteiger charge is 2.30. The Labute approximate surface area is 153 Å². The molecule has 5 rings (SSSR count). The number of thiazole rings is 1. The van der Waals surface area contributed by atoms with E-state index in [1.165, 1.54) is 11.3 Å². The molecule has 1 saturated carbocycles. The first-order valence-corrected chi connectivity index (χ1v) is 9.37. The van der Waals surface area contributed by atoms with Gasteiger partial charge >= 0.3 is 0 Å². The van der Waals surface area contributed by atoms with Crippen molar-refractivity contribution < 1.29 is 4.79 Å². The molecule has 6 nitrogen and oxygen atoms in total. The van der Waals surface area contributed by atoms with E-state index in [4.69, 9.17) is 5.73 Å². The van der Waals surface area contributed by atoms with E-state index in [1.54, 1.807) is 0 Å². The number of aromatic amines is 1. The summed E-state index contributed by atoms with van der Waals surface area (Å²) in [6.45, 7) is 2.07. The summed E-state index contributed by atoms with van der Waals surface area (Å²) in [5.74, 6) is 0.749. The Bertz CT molecular complexity index is 1170. The van der Waals surface area contributed by atoms with Gasteiger partial charge in [0.1, 0.15) is 0 Å². The lowest BCUT2D eigenvalue weighted by Crippen LogP contribution is -2.12. The van der Waals surface area contributed by atoms with Crippen LogP contribution in [0.4, 0.5) is 10.9 Å². The average molecular weight is 363 g/mol. The average Bonchev–Trinajstić information content (AvgIpc) is 3.31. The third-order valence-corrected chi connectivity index (χ3v) is 5.76. The minimum atomic E-state index is 0.0797. The Morgan fingerprint density at radius 1 is 1.31 bits per heavy atom. The van der Waals surface area contributed by atoms with Gasteiger partial charge in [-0.05, 0) is 54.7 Å². The molecule has 26 heavy (non-hydrogen) atoms. The van der Waals surface area contributed by atoms with E-state index < -0.39 is 0 Å². The Balaban J connectivity index is 1.61. The Kier molecular flexibility index (Phi) is 3.27. The van der Waals surface area contributed by atoms with E-state index in [1.807, 2.05) is 18.2 Å². The fourth-order valence-electron chi connectivity index (χ4n) is 3.30. The van der Waals surface area contributed by atoms with Crippen molar-refractivity contribution in [2.75, 3.05) is 11.1 Å². The van der Waals surface area contributed by atoms with Crippen LogP contribution in [0.25, 0.3) is 32.2 Å². The maximum absolute atomic E-state index is 12.0. The molecule has 1 aliphatic carbocycles. The number of hydrogen-bond acceptors (Lipinski definition) is 5. The van der Waals surface area contributed by atoms with Crippen molar-refractivity contribution in [3.8, 4) is 11.1 Å². The molecule has 2 aromatic heterocycles. The number of nitrogen functional groups attached to an aromatic ring is 1. The van der Waals surface area contributed by atoms with Crippen LogP contribution in [-0.2, 0) is 4.79 Å². The predicted molar refractivity (Wildman–Crippen MR) is 105 cm³/mol. The highest BCUT2D eigenvalue weighted by Crippen LogP contribution is 2.37. The van der Waals surface area contributed by atoms with Crippen molar-refractivity contribution in [2.45, 2.75) is 19.8 Å². The molecular formula is C19H17N5OS. The first kappa shape index (κ1) is 15.3. The van der Waals surface area contributed by atoms with Crippen molar-refractivity contribution in [2.24, 2.45) is 5.92 Å². The smallest absolute Gasteiger partial charge is 0.229 e. The number of carbonyl (C=O) groups is 1. The molecular weight excluding hydrogens is 346 g/mol. The summed E-state index contributed by atoms with van der Waals surface area (Å²) < 4.78 is 1.03. The van der Waals surface area contributed by atoms with Gasteiger partial charge in [-0.15, -0.1) is 0 Å². The van der Waals surface area contributed by atoms with Gasteiger partial charge in [0.25, 0.3) is 0 Å². The molecule has 1 amide bonds. The van der Waals surface area contributed by atoms with Gasteiger partial charge in [-0.2, -0.15) is 5.10 Å². The summed E-state index contributed by atoms with van der Waals surface area (Å²) >= 11 is 1.50. The van der Waals surface area contributed by atoms with Crippen molar-refractivity contribution >= 4 is 49.3 Å². The highest BCUT2D eigenvalue weighted by atomic mass is 32.1. The Morgan fingerprint density at radius 3 is 2.96 bits per heavy atom. The summed E-state index contributed by atoms with van der Waals surface area (Å²) in [6, 6.07) is 10.2. The summed E-state index contributed by atoms with van der Waals surface area (Å²) in [7, 11) is 0. The number of hydrogen-bond donors (Lipinski definition) is 3. The van der Waals surface area contributed by atoms with Crippen LogP contribution in [0.2, 0.25) is 0 Å². The van der Waals surface area contributed by atoms with E-state index in [-0.39, 0.29) is 11.8 Å². The number of aryl methyl sites for hydroxylation is 1. The van der Waals surface area contributed by atoms with Gasteiger partial charge in [0.05, 0.1) is 21.1 Å². The predicted octanol–water partition coefficient (Wildman–Crippen LogP) is 4.08. The molecule has 4 N–H and O–H groups in total. The summed E-state index contributed by atoms with van der Waals surface area (Å²) in [6.07, 6.45) is 1.96. The topological polar surface area (TPSA) is 96.7 Å². The van der Waals surface area contributed by atoms with Crippen LogP contribution in [0, 0.1) is 12.8 Å². The number of benzene rings is 2. The maximum atomic E-state index is 12.0. The maximum Gasteiger partial charge on any atom is 0.229 e. The Morgan fingerprint density at radius 2 is 2.15 bits per heavy atom. The fraction of sp³-hybridized carbons (Fsp3) is 0.211. The second kappa shape index (κ2) is 5.54. The van der Waals surface area contributed by atoms with E-state index in [2.05, 4.69) is 39.6 Å². The summed E-state index contributed by atoms with van der Waals surface area (Å²) in [4.78, 5) is 16.5. The first-order valence-electron chi connectivity index (χ1n) is 8.55. The van der Waals surface area contributed by atoms with Gasteiger partial charge in [-0.1, -0.05) is 23.5 Å². The molecule has 0 atom stereocenters. The number of amides is 1. The van der Waals surface area contributed by atoms with Crippen molar-refractivity contribution in [1.82, 2.24) is 15.2 Å². The molecule has 7 heteroatoms. The lowest BCUT2D eigenvalue weighted by Gasteiger charge is -2.08. The molecule has 1 aliphatic rings. The molecule has 0 bridgehead atoms. The van der Waals surface area contributed by atoms with Crippen LogP contribution in [0.5, 0.6) is 0 Å². The molecule has 0 saturated heterocycles. The van der Waals surface area contributed by atoms with Crippen LogP contribution < -0.4 is 11.1 Å². The summed E-state index contributed by atoms with van der Waals surface area (Å²) in [5.41, 5.74) is 11.2. The standard InChI is InChI=1S/C19H17N5OS/c1-9-2-6-13-16(17(20)24-23-13)15(9)11-5-7-12-14(8-11)26-19(21-12)22-18(25)10-3-4-10/h2,5-8,10H,3-4H2,1H3,(H3,20,23,24)(H,21,22,25). The number of aromatic nitrogens is 3. The fourth-order valence-corrected chi connectivity index (χ4v) is 4.21. The largest absolute Gasteiger partial charge is 0.382 e. The lowest BCUT2D eigenvalue weighted by molar-refractivity contribution is -0.117. The van der Waals surface area contributed by atoms with Gasteiger partial charge in [-0.25, -0.2) is 4.98 Å². The molecule has 130 valence electrons. The molecule has 0 aliphatic heterocycles. The number of rotatable bonds is 3. The molecule has 0 radical (unpaired) electrons. The molecule has 0 unspecified atom stereocenters. The zero-order valence-corrected chi connectivity index (χ0v) is 15.0. The number of H-pyrrole nitrogens is 1. The van der Waals surface area contributed by atoms with Crippen LogP contribution >= 0.6 is 11.3 Å². The van der Waals surface area contributed by atoms with Gasteiger partial charge in [-0.3, -0.25) is 9.89 Å². The molecule has 2 heterocycles. The van der Waals surface area contributed by atoms with Gasteiger partial charge in [0.15, 0.2) is 10.9 Å². The van der Waals surface area contributed by atoms with Crippen molar-refractivity contribution in [1.29, 1.82) is 0 Å². The molecule has 1 fully saturated rings. The number of anilines is 2. The van der Waals surface area contributed by atoms with E-state index in [9.17, 15) is 4.79 Å². The lowest BCUT2D eigenvalue weighted by atomic mass is 9.96. The third-order valence-electron chi connectivity index (χ3n) is 4.82. The number of nitrogens with two attached hydrogens (primary N) is 1. The van der Waals surface area contributed by atoms with Crippen LogP contribution in [0.15, 0.2) is 30.3 Å². The minimum Gasteiger partial charge on any atom is -0.382 e. The quantitative estimate of drug-likeness (QED) is 0.511. The van der Waals surface area contributed by atoms with Crippen LogP contribution in [0.3, 0.4) is 0 Å². The second-order valence-corrected chi connectivity index (χ2v) is 7.78. The minimum absolute atomic E-state index is 0.0797. The van der Waals surface area contributed by atoms with E-state index in [0.29, 0.717) is 10.9 Å². The first-order chi connectivity index (χ1) is 12.6. The molecule has 2 aromatic carbocycles. The number of fused-ring (bicyclic) bond motifs is 2. The second-order valence-electron chi connectivity index (χ2n) is 6.75. The van der Waals surface area contributed by atoms with Crippen LogP contribution in [0.1, 0.15) is 18.4 Å². The number of nitrogens with zero attached hydrogens (tertiary/aromatic N) is 2. The van der Waals surface area contributed by atoms with E-state index >= 15 is 0 Å². The SMILES string of the molecule is Cc1ccc2[nH]nc(N)c2c1-c1ccc2nc(NC(=O)C3CC3)sc2c1. The summed E-state index contributed by atoms with van der Waals surface area (Å²) in [5, 5.41) is 11.6. The van der Waals surface area contributed by atoms with Gasteiger partial charge in [0.2, 0.25) is 5.91 Å². The van der Waals surface area contributed by atoms with Crippen molar-refractivity contribution in [3.63, 3.8) is 0 Å². The number of nitrogens with one attached hydrogen (secondary N) is 2. The third kappa shape index (κ3) is 2.43. The molecule has 4 aromatic rings.